The van der Waals surface area contributed by atoms with Crippen LogP contribution >= 0.6 is 0 Å². The second kappa shape index (κ2) is 7.11. The molecule has 0 spiro atoms. The topological polar surface area (TPSA) is 53.7 Å². The van der Waals surface area contributed by atoms with Gasteiger partial charge < -0.3 is 5.11 Å². The Hall–Kier alpha value is -2.24. The highest BCUT2D eigenvalue weighted by molar-refractivity contribution is 5.35. The molecule has 0 aliphatic carbocycles. The van der Waals surface area contributed by atoms with Crippen molar-refractivity contribution in [1.82, 2.24) is 19.3 Å². The number of imidazole rings is 1. The molecular formula is C19H24N4O. The number of aliphatic hydroxyl groups is 1. The summed E-state index contributed by atoms with van der Waals surface area (Å²) in [6, 6.07) is 12.6. The van der Waals surface area contributed by atoms with E-state index in [-0.39, 0.29) is 12.6 Å². The minimum absolute atomic E-state index is 0.164. The van der Waals surface area contributed by atoms with E-state index in [1.165, 1.54) is 5.56 Å². The van der Waals surface area contributed by atoms with Crippen LogP contribution in [0.3, 0.4) is 0 Å². The van der Waals surface area contributed by atoms with Crippen molar-refractivity contribution in [2.75, 3.05) is 13.7 Å². The van der Waals surface area contributed by atoms with E-state index in [0.717, 1.165) is 29.4 Å². The summed E-state index contributed by atoms with van der Waals surface area (Å²) >= 11 is 0. The lowest BCUT2D eigenvalue weighted by Gasteiger charge is -2.28. The maximum absolute atomic E-state index is 9.47. The molecule has 5 heteroatoms. The minimum atomic E-state index is 0.164. The molecule has 0 aliphatic rings. The third kappa shape index (κ3) is 3.32. The molecule has 0 radical (unpaired) electrons. The van der Waals surface area contributed by atoms with E-state index in [0.29, 0.717) is 6.42 Å². The van der Waals surface area contributed by atoms with Gasteiger partial charge in [-0.15, -0.1) is 0 Å². The van der Waals surface area contributed by atoms with Crippen LogP contribution in [0.5, 0.6) is 0 Å². The fourth-order valence-corrected chi connectivity index (χ4v) is 3.31. The predicted octanol–water partition coefficient (Wildman–Crippen LogP) is 2.90. The first kappa shape index (κ1) is 16.6. The first-order valence-corrected chi connectivity index (χ1v) is 8.26. The number of aliphatic hydroxyl groups excluding tert-OH is 1. The highest BCUT2D eigenvalue weighted by atomic mass is 16.3. The van der Waals surface area contributed by atoms with E-state index < -0.39 is 0 Å². The van der Waals surface area contributed by atoms with Crippen molar-refractivity contribution in [3.8, 4) is 0 Å². The SMILES string of the molecule is Cc1cc(C)n2c(CN(C)C(CCO)c3ccccc3)cnc2n1. The van der Waals surface area contributed by atoms with Gasteiger partial charge in [0, 0.05) is 30.6 Å². The number of aryl methyl sites for hydroxylation is 2. The summed E-state index contributed by atoms with van der Waals surface area (Å²) in [7, 11) is 2.09. The molecule has 1 unspecified atom stereocenters. The zero-order chi connectivity index (χ0) is 17.1. The zero-order valence-electron chi connectivity index (χ0n) is 14.5. The molecular weight excluding hydrogens is 300 g/mol. The zero-order valence-corrected chi connectivity index (χ0v) is 14.5. The average Bonchev–Trinajstić information content (AvgIpc) is 2.96. The molecule has 3 rings (SSSR count). The molecule has 0 saturated heterocycles. The van der Waals surface area contributed by atoms with Crippen molar-refractivity contribution in [1.29, 1.82) is 0 Å². The summed E-state index contributed by atoms with van der Waals surface area (Å²) in [5, 5.41) is 9.47. The maximum atomic E-state index is 9.47. The normalized spacial score (nSPS) is 12.9. The summed E-state index contributed by atoms with van der Waals surface area (Å²) in [6.45, 7) is 4.97. The third-order valence-electron chi connectivity index (χ3n) is 4.39. The monoisotopic (exact) mass is 324 g/mol. The number of nitrogens with zero attached hydrogens (tertiary/aromatic N) is 4. The number of fused-ring (bicyclic) bond motifs is 1. The molecule has 1 N–H and O–H groups in total. The van der Waals surface area contributed by atoms with Gasteiger partial charge in [0.1, 0.15) is 0 Å². The Morgan fingerprint density at radius 1 is 1.21 bits per heavy atom. The van der Waals surface area contributed by atoms with Crippen LogP contribution in [0, 0.1) is 13.8 Å². The van der Waals surface area contributed by atoms with Crippen LogP contribution in [0.25, 0.3) is 5.78 Å². The van der Waals surface area contributed by atoms with E-state index in [2.05, 4.69) is 51.4 Å². The molecule has 5 nitrogen and oxygen atoms in total. The molecule has 0 fully saturated rings. The molecule has 24 heavy (non-hydrogen) atoms. The molecule has 1 aromatic carbocycles. The fraction of sp³-hybridized carbons (Fsp3) is 0.368. The Kier molecular flexibility index (Phi) is 4.92. The van der Waals surface area contributed by atoms with Crippen LogP contribution in [-0.2, 0) is 6.54 Å². The number of hydrogen-bond acceptors (Lipinski definition) is 4. The van der Waals surface area contributed by atoms with Gasteiger partial charge >= 0.3 is 0 Å². The van der Waals surface area contributed by atoms with Gasteiger partial charge in [-0.25, -0.2) is 9.97 Å². The molecule has 0 bridgehead atoms. The Labute approximate surface area is 142 Å². The third-order valence-corrected chi connectivity index (χ3v) is 4.39. The Balaban J connectivity index is 1.89. The van der Waals surface area contributed by atoms with Crippen LogP contribution in [-0.4, -0.2) is 38.0 Å². The van der Waals surface area contributed by atoms with Crippen molar-refractivity contribution in [2.45, 2.75) is 32.9 Å². The van der Waals surface area contributed by atoms with Crippen LogP contribution < -0.4 is 0 Å². The second-order valence-electron chi connectivity index (χ2n) is 6.28. The molecule has 0 aliphatic heterocycles. The molecule has 126 valence electrons. The summed E-state index contributed by atoms with van der Waals surface area (Å²) in [5.41, 5.74) is 4.44. The van der Waals surface area contributed by atoms with Gasteiger partial charge in [0.05, 0.1) is 11.9 Å². The quantitative estimate of drug-likeness (QED) is 0.757. The van der Waals surface area contributed by atoms with E-state index >= 15 is 0 Å². The molecule has 2 aromatic heterocycles. The van der Waals surface area contributed by atoms with Crippen molar-refractivity contribution in [3.63, 3.8) is 0 Å². The van der Waals surface area contributed by atoms with Crippen LogP contribution in [0.15, 0.2) is 42.6 Å². The smallest absolute Gasteiger partial charge is 0.234 e. The molecule has 2 heterocycles. The molecule has 0 saturated carbocycles. The van der Waals surface area contributed by atoms with Crippen LogP contribution in [0.4, 0.5) is 0 Å². The summed E-state index contributed by atoms with van der Waals surface area (Å²) in [4.78, 5) is 11.2. The van der Waals surface area contributed by atoms with Crippen LogP contribution in [0.2, 0.25) is 0 Å². The van der Waals surface area contributed by atoms with Gasteiger partial charge in [-0.2, -0.15) is 0 Å². The first-order chi connectivity index (χ1) is 11.6. The van der Waals surface area contributed by atoms with Crippen molar-refractivity contribution in [3.05, 3.63) is 65.2 Å². The molecule has 1 atom stereocenters. The molecule has 0 amide bonds. The number of rotatable bonds is 6. The van der Waals surface area contributed by atoms with E-state index in [4.69, 9.17) is 0 Å². The molecule has 3 aromatic rings. The summed E-state index contributed by atoms with van der Waals surface area (Å²) in [6.07, 6.45) is 2.60. The van der Waals surface area contributed by atoms with Gasteiger partial charge in [-0.05, 0) is 38.9 Å². The van der Waals surface area contributed by atoms with E-state index in [1.54, 1.807) is 0 Å². The highest BCUT2D eigenvalue weighted by Gasteiger charge is 2.18. The Bertz CT molecular complexity index is 813. The standard InChI is InChI=1S/C19H24N4O/c1-14-11-15(2)23-17(12-20-19(23)21-14)13-22(3)18(9-10-24)16-7-5-4-6-8-16/h4-8,11-12,18,24H,9-10,13H2,1-3H3. The first-order valence-electron chi connectivity index (χ1n) is 8.26. The maximum Gasteiger partial charge on any atom is 0.234 e. The van der Waals surface area contributed by atoms with E-state index in [9.17, 15) is 5.11 Å². The Morgan fingerprint density at radius 3 is 2.67 bits per heavy atom. The minimum Gasteiger partial charge on any atom is -0.396 e. The lowest BCUT2D eigenvalue weighted by molar-refractivity contribution is 0.178. The highest BCUT2D eigenvalue weighted by Crippen LogP contribution is 2.24. The van der Waals surface area contributed by atoms with Gasteiger partial charge in [0.2, 0.25) is 5.78 Å². The number of benzene rings is 1. The lowest BCUT2D eigenvalue weighted by atomic mass is 10.0. The van der Waals surface area contributed by atoms with Crippen molar-refractivity contribution >= 4 is 5.78 Å². The van der Waals surface area contributed by atoms with Gasteiger partial charge in [0.25, 0.3) is 0 Å². The van der Waals surface area contributed by atoms with Crippen LogP contribution in [0.1, 0.15) is 35.1 Å². The summed E-state index contributed by atoms with van der Waals surface area (Å²) in [5.74, 6) is 0.745. The predicted molar refractivity (Wildman–Crippen MR) is 94.8 cm³/mol. The average molecular weight is 324 g/mol. The van der Waals surface area contributed by atoms with Gasteiger partial charge in [-0.3, -0.25) is 9.30 Å². The van der Waals surface area contributed by atoms with Gasteiger partial charge in [0.15, 0.2) is 0 Å². The fourth-order valence-electron chi connectivity index (χ4n) is 3.31. The van der Waals surface area contributed by atoms with Gasteiger partial charge in [-0.1, -0.05) is 30.3 Å². The second-order valence-corrected chi connectivity index (χ2v) is 6.28. The largest absolute Gasteiger partial charge is 0.396 e. The number of hydrogen-bond donors (Lipinski definition) is 1. The van der Waals surface area contributed by atoms with Crippen molar-refractivity contribution < 1.29 is 5.11 Å². The Morgan fingerprint density at radius 2 is 1.96 bits per heavy atom. The lowest BCUT2D eigenvalue weighted by Crippen LogP contribution is -2.26. The van der Waals surface area contributed by atoms with Crippen molar-refractivity contribution in [2.24, 2.45) is 0 Å². The summed E-state index contributed by atoms with van der Waals surface area (Å²) < 4.78 is 2.10. The van der Waals surface area contributed by atoms with E-state index in [1.807, 2.05) is 31.3 Å². The number of aromatic nitrogens is 3.